The molecule has 5 heteroatoms. The third kappa shape index (κ3) is 6.52. The van der Waals surface area contributed by atoms with Gasteiger partial charge >= 0.3 is 11.9 Å². The van der Waals surface area contributed by atoms with Crippen molar-refractivity contribution in [2.75, 3.05) is 27.2 Å². The molecule has 0 atom stereocenters. The number of likely N-dealkylation sites (N-methyl/N-ethyl adjacent to an activating group) is 1. The van der Waals surface area contributed by atoms with E-state index in [1.54, 1.807) is 6.92 Å². The van der Waals surface area contributed by atoms with Crippen LogP contribution in [0.15, 0.2) is 24.0 Å². The molecule has 0 aliphatic carbocycles. The minimum atomic E-state index is -0.594. The number of hydrogen-bond acceptors (Lipinski definition) is 5. The molecule has 0 saturated heterocycles. The molecule has 17 heavy (non-hydrogen) atoms. The van der Waals surface area contributed by atoms with Crippen LogP contribution < -0.4 is 0 Å². The van der Waals surface area contributed by atoms with E-state index in [4.69, 9.17) is 9.47 Å². The highest BCUT2D eigenvalue weighted by Gasteiger charge is 2.12. The fraction of sp³-hybridized carbons (Fsp3) is 0.500. The van der Waals surface area contributed by atoms with Gasteiger partial charge in [0.25, 0.3) is 0 Å². The molecule has 96 valence electrons. The lowest BCUT2D eigenvalue weighted by Gasteiger charge is -2.11. The summed E-state index contributed by atoms with van der Waals surface area (Å²) in [5, 5.41) is 0. The van der Waals surface area contributed by atoms with Gasteiger partial charge in [0.1, 0.15) is 12.4 Å². The van der Waals surface area contributed by atoms with Crippen molar-refractivity contribution in [1.82, 2.24) is 4.90 Å². The van der Waals surface area contributed by atoms with Crippen LogP contribution in [0.3, 0.4) is 0 Å². The molecule has 0 fully saturated rings. The van der Waals surface area contributed by atoms with Crippen LogP contribution in [0.1, 0.15) is 13.8 Å². The van der Waals surface area contributed by atoms with Crippen molar-refractivity contribution in [2.24, 2.45) is 0 Å². The Labute approximate surface area is 102 Å². The van der Waals surface area contributed by atoms with Crippen LogP contribution in [-0.4, -0.2) is 44.1 Å². The smallest absolute Gasteiger partial charge is 0.337 e. The summed E-state index contributed by atoms with van der Waals surface area (Å²) in [6, 6.07) is 0. The Hall–Kier alpha value is -1.62. The molecule has 0 spiro atoms. The molecule has 0 aromatic rings. The summed E-state index contributed by atoms with van der Waals surface area (Å²) in [4.78, 5) is 24.3. The predicted octanol–water partition coefficient (Wildman–Crippen LogP) is 1.11. The number of hydrogen-bond donors (Lipinski definition) is 0. The molecule has 0 aliphatic heterocycles. The van der Waals surface area contributed by atoms with Crippen LogP contribution in [0.25, 0.3) is 0 Å². The quantitative estimate of drug-likeness (QED) is 0.396. The van der Waals surface area contributed by atoms with E-state index in [1.807, 2.05) is 19.0 Å². The lowest BCUT2D eigenvalue weighted by Crippen LogP contribution is -2.20. The second-order valence-electron chi connectivity index (χ2n) is 3.75. The predicted molar refractivity (Wildman–Crippen MR) is 64.2 cm³/mol. The monoisotopic (exact) mass is 241 g/mol. The minimum absolute atomic E-state index is 0.227. The lowest BCUT2D eigenvalue weighted by molar-refractivity contribution is -0.139. The molecule has 0 radical (unpaired) electrons. The number of esters is 2. The Kier molecular flexibility index (Phi) is 6.89. The van der Waals surface area contributed by atoms with Gasteiger partial charge < -0.3 is 14.4 Å². The normalized spacial score (nSPS) is 11.8. The van der Waals surface area contributed by atoms with Crippen molar-refractivity contribution in [2.45, 2.75) is 13.8 Å². The molecule has 0 heterocycles. The lowest BCUT2D eigenvalue weighted by atomic mass is 10.3. The van der Waals surface area contributed by atoms with Crippen molar-refractivity contribution >= 4 is 11.9 Å². The van der Waals surface area contributed by atoms with E-state index < -0.39 is 11.9 Å². The van der Waals surface area contributed by atoms with E-state index in [0.29, 0.717) is 13.2 Å². The van der Waals surface area contributed by atoms with Crippen molar-refractivity contribution in [1.29, 1.82) is 0 Å². The third-order valence-electron chi connectivity index (χ3n) is 2.03. The molecule has 0 rings (SSSR count). The summed E-state index contributed by atoms with van der Waals surface area (Å²) < 4.78 is 9.82. The van der Waals surface area contributed by atoms with Crippen molar-refractivity contribution in [3.8, 4) is 0 Å². The minimum Gasteiger partial charge on any atom is -0.461 e. The van der Waals surface area contributed by atoms with E-state index in [-0.39, 0.29) is 11.3 Å². The number of ether oxygens (including phenoxy) is 2. The first-order valence-electron chi connectivity index (χ1n) is 5.22. The highest BCUT2D eigenvalue weighted by Crippen LogP contribution is 2.07. The highest BCUT2D eigenvalue weighted by atomic mass is 16.5. The van der Waals surface area contributed by atoms with Crippen LogP contribution in [0, 0.1) is 0 Å². The molecule has 0 saturated carbocycles. The van der Waals surface area contributed by atoms with E-state index in [0.717, 1.165) is 6.08 Å². The zero-order chi connectivity index (χ0) is 13.4. The first kappa shape index (κ1) is 15.4. The van der Waals surface area contributed by atoms with Crippen LogP contribution in [0.4, 0.5) is 0 Å². The molecule has 0 unspecified atom stereocenters. The maximum Gasteiger partial charge on any atom is 0.337 e. The molecular weight excluding hydrogens is 222 g/mol. The van der Waals surface area contributed by atoms with Gasteiger partial charge in [-0.3, -0.25) is 0 Å². The Balaban J connectivity index is 4.31. The molecule has 0 bridgehead atoms. The van der Waals surface area contributed by atoms with E-state index in [9.17, 15) is 9.59 Å². The summed E-state index contributed by atoms with van der Waals surface area (Å²) in [7, 11) is 3.77. The average molecular weight is 241 g/mol. The largest absolute Gasteiger partial charge is 0.461 e. The van der Waals surface area contributed by atoms with Crippen molar-refractivity contribution in [3.05, 3.63) is 24.0 Å². The standard InChI is InChI=1S/C12H19NO4/c1-6-11(14)17-10(3)9(2)12(15)16-8-7-13(4)5/h6H,1,7-8H2,2-5H3. The van der Waals surface area contributed by atoms with Gasteiger partial charge in [0.05, 0.1) is 5.57 Å². The first-order chi connectivity index (χ1) is 7.88. The molecule has 0 N–H and O–H groups in total. The van der Waals surface area contributed by atoms with Crippen LogP contribution in [0.5, 0.6) is 0 Å². The van der Waals surface area contributed by atoms with Gasteiger partial charge in [-0.2, -0.15) is 0 Å². The Morgan fingerprint density at radius 2 is 1.88 bits per heavy atom. The number of carbonyl (C=O) groups is 2. The van der Waals surface area contributed by atoms with Gasteiger partial charge in [0, 0.05) is 12.6 Å². The summed E-state index contributed by atoms with van der Waals surface area (Å²) >= 11 is 0. The number of allylic oxidation sites excluding steroid dienone is 1. The number of carbonyl (C=O) groups excluding carboxylic acids is 2. The van der Waals surface area contributed by atoms with Crippen LogP contribution in [0.2, 0.25) is 0 Å². The summed E-state index contributed by atoms with van der Waals surface area (Å²) in [6.07, 6.45) is 1.04. The fourth-order valence-electron chi connectivity index (χ4n) is 0.842. The first-order valence-corrected chi connectivity index (χ1v) is 5.22. The van der Waals surface area contributed by atoms with Crippen LogP contribution in [-0.2, 0) is 19.1 Å². The average Bonchev–Trinajstić information content (AvgIpc) is 2.26. The fourth-order valence-corrected chi connectivity index (χ4v) is 0.842. The van der Waals surface area contributed by atoms with E-state index in [2.05, 4.69) is 6.58 Å². The van der Waals surface area contributed by atoms with E-state index >= 15 is 0 Å². The summed E-state index contributed by atoms with van der Waals surface area (Å²) in [6.45, 7) is 7.29. The Morgan fingerprint density at radius 1 is 1.29 bits per heavy atom. The second-order valence-corrected chi connectivity index (χ2v) is 3.75. The molecule has 0 aromatic heterocycles. The Bertz CT molecular complexity index is 331. The van der Waals surface area contributed by atoms with Crippen molar-refractivity contribution in [3.63, 3.8) is 0 Å². The van der Waals surface area contributed by atoms with Gasteiger partial charge in [0.15, 0.2) is 0 Å². The van der Waals surface area contributed by atoms with Gasteiger partial charge in [-0.1, -0.05) is 6.58 Å². The molecule has 0 amide bonds. The molecule has 0 aromatic carbocycles. The van der Waals surface area contributed by atoms with E-state index in [1.165, 1.54) is 6.92 Å². The molecule has 5 nitrogen and oxygen atoms in total. The maximum absolute atomic E-state index is 11.5. The second kappa shape index (κ2) is 7.62. The molecule has 0 aliphatic rings. The summed E-state index contributed by atoms with van der Waals surface area (Å²) in [5.74, 6) is -0.853. The van der Waals surface area contributed by atoms with Gasteiger partial charge in [-0.05, 0) is 27.9 Å². The highest BCUT2D eigenvalue weighted by molar-refractivity contribution is 5.89. The zero-order valence-corrected chi connectivity index (χ0v) is 10.8. The topological polar surface area (TPSA) is 55.8 Å². The number of nitrogens with zero attached hydrogens (tertiary/aromatic N) is 1. The van der Waals surface area contributed by atoms with Crippen molar-refractivity contribution < 1.29 is 19.1 Å². The van der Waals surface area contributed by atoms with Gasteiger partial charge in [0.2, 0.25) is 0 Å². The van der Waals surface area contributed by atoms with Crippen LogP contribution >= 0.6 is 0 Å². The Morgan fingerprint density at radius 3 is 2.35 bits per heavy atom. The summed E-state index contributed by atoms with van der Waals surface area (Å²) in [5.41, 5.74) is 0.277. The third-order valence-corrected chi connectivity index (χ3v) is 2.03. The molecular formula is C12H19NO4. The zero-order valence-electron chi connectivity index (χ0n) is 10.8. The number of rotatable bonds is 6. The van der Waals surface area contributed by atoms with Gasteiger partial charge in [-0.15, -0.1) is 0 Å². The SMILES string of the molecule is C=CC(=O)OC(C)=C(C)C(=O)OCCN(C)C. The van der Waals surface area contributed by atoms with Gasteiger partial charge in [-0.25, -0.2) is 9.59 Å². The maximum atomic E-state index is 11.5.